The van der Waals surface area contributed by atoms with Crippen LogP contribution in [0.1, 0.15) is 35.9 Å². The lowest BCUT2D eigenvalue weighted by atomic mass is 10.0. The van der Waals surface area contributed by atoms with Crippen molar-refractivity contribution in [3.63, 3.8) is 0 Å². The Hall–Kier alpha value is -2.83. The largest absolute Gasteiger partial charge is 0.481 e. The second-order valence-electron chi connectivity index (χ2n) is 6.30. The molecule has 3 rings (SSSR count). The number of nitrogens with one attached hydrogen (secondary N) is 1. The summed E-state index contributed by atoms with van der Waals surface area (Å²) in [6, 6.07) is 8.15. The monoisotopic (exact) mass is 363 g/mol. The topological polar surface area (TPSA) is 66.4 Å². The van der Waals surface area contributed by atoms with Gasteiger partial charge in [-0.2, -0.15) is 0 Å². The minimum absolute atomic E-state index is 0.140. The fourth-order valence-electron chi connectivity index (χ4n) is 3.04. The minimum Gasteiger partial charge on any atom is -0.481 e. The molecular formula is C19H16F3NO3. The molecule has 0 radical (unpaired) electrons. The van der Waals surface area contributed by atoms with E-state index in [1.54, 1.807) is 0 Å². The molecule has 2 aromatic carbocycles. The Morgan fingerprint density at radius 3 is 2.46 bits per heavy atom. The van der Waals surface area contributed by atoms with E-state index in [4.69, 9.17) is 5.11 Å². The van der Waals surface area contributed by atoms with Gasteiger partial charge in [-0.25, -0.2) is 13.2 Å². The Bertz CT molecular complexity index is 838. The van der Waals surface area contributed by atoms with Gasteiger partial charge in [-0.15, -0.1) is 0 Å². The van der Waals surface area contributed by atoms with Gasteiger partial charge in [0.25, 0.3) is 0 Å². The maximum Gasteiger partial charge on any atom is 0.305 e. The van der Waals surface area contributed by atoms with Crippen LogP contribution in [0.2, 0.25) is 0 Å². The molecule has 0 saturated heterocycles. The molecule has 0 spiro atoms. The highest BCUT2D eigenvalue weighted by atomic mass is 19.2. The number of rotatable bonds is 6. The molecule has 7 heteroatoms. The molecule has 136 valence electrons. The molecule has 3 unspecified atom stereocenters. The first-order valence-electron chi connectivity index (χ1n) is 8.08. The summed E-state index contributed by atoms with van der Waals surface area (Å²) < 4.78 is 40.2. The lowest BCUT2D eigenvalue weighted by Gasteiger charge is -2.17. The van der Waals surface area contributed by atoms with E-state index in [9.17, 15) is 22.8 Å². The van der Waals surface area contributed by atoms with Crippen LogP contribution in [-0.2, 0) is 9.59 Å². The summed E-state index contributed by atoms with van der Waals surface area (Å²) in [6.45, 7) is 0. The van der Waals surface area contributed by atoms with Crippen LogP contribution in [0.15, 0.2) is 42.5 Å². The van der Waals surface area contributed by atoms with Crippen LogP contribution in [-0.4, -0.2) is 17.0 Å². The maximum absolute atomic E-state index is 13.8. The van der Waals surface area contributed by atoms with Crippen molar-refractivity contribution < 1.29 is 27.9 Å². The van der Waals surface area contributed by atoms with E-state index in [2.05, 4.69) is 5.32 Å². The molecule has 3 atom stereocenters. The van der Waals surface area contributed by atoms with Crippen LogP contribution in [0, 0.1) is 23.4 Å². The molecule has 1 saturated carbocycles. The highest BCUT2D eigenvalue weighted by Gasteiger charge is 2.46. The fraction of sp³-hybridized carbons (Fsp3) is 0.263. The second kappa shape index (κ2) is 7.19. The predicted molar refractivity (Wildman–Crippen MR) is 86.7 cm³/mol. The Balaban J connectivity index is 1.72. The number of carbonyl (C=O) groups is 2. The average Bonchev–Trinajstić information content (AvgIpc) is 3.37. The van der Waals surface area contributed by atoms with E-state index in [-0.39, 0.29) is 12.0 Å². The van der Waals surface area contributed by atoms with Crippen molar-refractivity contribution >= 4 is 11.9 Å². The van der Waals surface area contributed by atoms with E-state index < -0.39 is 47.2 Å². The molecule has 4 nitrogen and oxygen atoms in total. The number of amides is 1. The van der Waals surface area contributed by atoms with Crippen LogP contribution in [0.4, 0.5) is 13.2 Å². The van der Waals surface area contributed by atoms with Gasteiger partial charge in [0, 0.05) is 5.92 Å². The standard InChI is InChI=1S/C19H16F3NO3/c20-11-6-4-10(5-7-11)16(9-17(24)25)23-19(26)14-8-13(14)12-2-1-3-15(21)18(12)22/h1-7,13-14,16H,8-9H2,(H,23,26)(H,24,25). The Labute approximate surface area is 147 Å². The smallest absolute Gasteiger partial charge is 0.305 e. The van der Waals surface area contributed by atoms with Crippen molar-refractivity contribution in [2.45, 2.75) is 24.8 Å². The van der Waals surface area contributed by atoms with E-state index in [1.807, 2.05) is 0 Å². The third kappa shape index (κ3) is 3.87. The molecule has 26 heavy (non-hydrogen) atoms. The summed E-state index contributed by atoms with van der Waals surface area (Å²) in [5.74, 6) is -4.96. The maximum atomic E-state index is 13.8. The zero-order chi connectivity index (χ0) is 18.8. The number of carboxylic acids is 1. The van der Waals surface area contributed by atoms with Gasteiger partial charge in [-0.3, -0.25) is 9.59 Å². The van der Waals surface area contributed by atoms with Crippen molar-refractivity contribution in [3.05, 3.63) is 71.0 Å². The van der Waals surface area contributed by atoms with E-state index in [0.717, 1.165) is 6.07 Å². The fourth-order valence-corrected chi connectivity index (χ4v) is 3.04. The highest BCUT2D eigenvalue weighted by Crippen LogP contribution is 2.48. The van der Waals surface area contributed by atoms with Gasteiger partial charge in [0.15, 0.2) is 11.6 Å². The molecule has 1 aliphatic carbocycles. The van der Waals surface area contributed by atoms with Gasteiger partial charge in [0.05, 0.1) is 12.5 Å². The van der Waals surface area contributed by atoms with Crippen molar-refractivity contribution in [2.24, 2.45) is 5.92 Å². The van der Waals surface area contributed by atoms with Crippen LogP contribution < -0.4 is 5.32 Å². The van der Waals surface area contributed by atoms with Crippen molar-refractivity contribution in [1.29, 1.82) is 0 Å². The SMILES string of the molecule is O=C(O)CC(NC(=O)C1CC1c1cccc(F)c1F)c1ccc(F)cc1. The Morgan fingerprint density at radius 2 is 1.81 bits per heavy atom. The molecule has 1 aliphatic rings. The summed E-state index contributed by atoms with van der Waals surface area (Å²) in [5, 5.41) is 11.7. The number of benzene rings is 2. The number of carbonyl (C=O) groups excluding carboxylic acids is 1. The number of hydrogen-bond donors (Lipinski definition) is 2. The number of aliphatic carboxylic acids is 1. The number of halogens is 3. The third-order valence-corrected chi connectivity index (χ3v) is 4.48. The number of carboxylic acid groups (broad SMARTS) is 1. The first-order chi connectivity index (χ1) is 12.4. The number of hydrogen-bond acceptors (Lipinski definition) is 2. The zero-order valence-corrected chi connectivity index (χ0v) is 13.6. The summed E-state index contributed by atoms with van der Waals surface area (Å²) in [7, 11) is 0. The zero-order valence-electron chi connectivity index (χ0n) is 13.6. The van der Waals surface area contributed by atoms with Crippen LogP contribution >= 0.6 is 0 Å². The van der Waals surface area contributed by atoms with E-state index >= 15 is 0 Å². The van der Waals surface area contributed by atoms with Gasteiger partial charge in [0.1, 0.15) is 5.82 Å². The van der Waals surface area contributed by atoms with Crippen molar-refractivity contribution in [2.75, 3.05) is 0 Å². The first kappa shape index (κ1) is 18.0. The van der Waals surface area contributed by atoms with Gasteiger partial charge < -0.3 is 10.4 Å². The summed E-state index contributed by atoms with van der Waals surface area (Å²) in [6.07, 6.45) is -0.0154. The molecule has 2 N–H and O–H groups in total. The van der Waals surface area contributed by atoms with E-state index in [1.165, 1.54) is 36.4 Å². The Kier molecular flexibility index (Phi) is 4.97. The van der Waals surface area contributed by atoms with E-state index in [0.29, 0.717) is 12.0 Å². The molecule has 1 amide bonds. The van der Waals surface area contributed by atoms with Crippen molar-refractivity contribution in [3.8, 4) is 0 Å². The van der Waals surface area contributed by atoms with Crippen LogP contribution in [0.5, 0.6) is 0 Å². The van der Waals surface area contributed by atoms with Gasteiger partial charge >= 0.3 is 5.97 Å². The summed E-state index contributed by atoms with van der Waals surface area (Å²) in [5.41, 5.74) is 0.595. The summed E-state index contributed by atoms with van der Waals surface area (Å²) >= 11 is 0. The molecule has 0 heterocycles. The molecule has 0 aromatic heterocycles. The lowest BCUT2D eigenvalue weighted by molar-refractivity contribution is -0.137. The molecular weight excluding hydrogens is 347 g/mol. The van der Waals surface area contributed by atoms with Crippen LogP contribution in [0.25, 0.3) is 0 Å². The van der Waals surface area contributed by atoms with Gasteiger partial charge in [-0.1, -0.05) is 24.3 Å². The van der Waals surface area contributed by atoms with Gasteiger partial charge in [-0.05, 0) is 41.7 Å². The quantitative estimate of drug-likeness (QED) is 0.825. The molecule has 2 aromatic rings. The van der Waals surface area contributed by atoms with Gasteiger partial charge in [0.2, 0.25) is 5.91 Å². The first-order valence-corrected chi connectivity index (χ1v) is 8.08. The molecule has 1 fully saturated rings. The highest BCUT2D eigenvalue weighted by molar-refractivity contribution is 5.84. The molecule has 0 aliphatic heterocycles. The van der Waals surface area contributed by atoms with Crippen molar-refractivity contribution in [1.82, 2.24) is 5.32 Å². The average molecular weight is 363 g/mol. The minimum atomic E-state index is -1.12. The Morgan fingerprint density at radius 1 is 1.12 bits per heavy atom. The molecule has 0 bridgehead atoms. The third-order valence-electron chi connectivity index (χ3n) is 4.48. The second-order valence-corrected chi connectivity index (χ2v) is 6.30. The lowest BCUT2D eigenvalue weighted by Crippen LogP contribution is -2.31. The van der Waals surface area contributed by atoms with Crippen LogP contribution in [0.3, 0.4) is 0 Å². The summed E-state index contributed by atoms with van der Waals surface area (Å²) in [4.78, 5) is 23.5. The normalized spacial score (nSPS) is 19.7. The predicted octanol–water partition coefficient (Wildman–Crippen LogP) is 3.54.